The maximum absolute atomic E-state index is 11.6. The Morgan fingerprint density at radius 2 is 2.10 bits per heavy atom. The molecule has 108 valence electrons. The fourth-order valence-electron chi connectivity index (χ4n) is 2.13. The van der Waals surface area contributed by atoms with E-state index in [-0.39, 0.29) is 6.04 Å². The first kappa shape index (κ1) is 14.7. The summed E-state index contributed by atoms with van der Waals surface area (Å²) in [5.41, 5.74) is 1.91. The summed E-state index contributed by atoms with van der Waals surface area (Å²) in [4.78, 5) is 0.344. The van der Waals surface area contributed by atoms with Crippen LogP contribution in [0.15, 0.2) is 41.4 Å². The first-order chi connectivity index (χ1) is 9.40. The van der Waals surface area contributed by atoms with Crippen LogP contribution in [0.4, 0.5) is 0 Å². The molecule has 1 unspecified atom stereocenters. The van der Waals surface area contributed by atoms with E-state index in [0.717, 1.165) is 11.3 Å². The number of rotatable bonds is 5. The van der Waals surface area contributed by atoms with Gasteiger partial charge in [0.1, 0.15) is 0 Å². The summed E-state index contributed by atoms with van der Waals surface area (Å²) in [6.07, 6.45) is 3.83. The number of likely N-dealkylation sites (N-methyl/N-ethyl adjacent to an activating group) is 1. The molecule has 1 heterocycles. The molecule has 0 radical (unpaired) electrons. The molecule has 2 rings (SSSR count). The van der Waals surface area contributed by atoms with E-state index in [1.54, 1.807) is 22.9 Å². The first-order valence-electron chi connectivity index (χ1n) is 6.36. The normalized spacial score (nSPS) is 13.3. The van der Waals surface area contributed by atoms with Crippen LogP contribution in [0.2, 0.25) is 0 Å². The number of nitrogens with one attached hydrogen (secondary N) is 1. The molecule has 2 aromatic rings. The van der Waals surface area contributed by atoms with E-state index in [9.17, 15) is 8.42 Å². The van der Waals surface area contributed by atoms with Crippen LogP contribution in [-0.4, -0.2) is 31.5 Å². The van der Waals surface area contributed by atoms with Crippen LogP contribution in [0.1, 0.15) is 17.3 Å². The Hall–Kier alpha value is -1.66. The summed E-state index contributed by atoms with van der Waals surface area (Å²) in [5, 5.41) is 7.56. The van der Waals surface area contributed by atoms with Gasteiger partial charge in [-0.1, -0.05) is 12.1 Å². The summed E-state index contributed by atoms with van der Waals surface area (Å²) in [6, 6.07) is 9.04. The molecule has 0 saturated heterocycles. The minimum atomic E-state index is -3.18. The topological polar surface area (TPSA) is 64.0 Å². The summed E-state index contributed by atoms with van der Waals surface area (Å²) in [6.45, 7) is 0. The van der Waals surface area contributed by atoms with Crippen molar-refractivity contribution in [3.63, 3.8) is 0 Å². The van der Waals surface area contributed by atoms with Gasteiger partial charge in [-0.3, -0.25) is 4.68 Å². The number of hydrogen-bond acceptors (Lipinski definition) is 4. The van der Waals surface area contributed by atoms with Crippen molar-refractivity contribution >= 4 is 9.84 Å². The molecule has 0 bridgehead atoms. The highest BCUT2D eigenvalue weighted by Gasteiger charge is 2.14. The highest BCUT2D eigenvalue weighted by atomic mass is 32.2. The first-order valence-corrected chi connectivity index (χ1v) is 8.25. The molecule has 6 heteroatoms. The van der Waals surface area contributed by atoms with E-state index in [1.807, 2.05) is 32.4 Å². The van der Waals surface area contributed by atoms with Gasteiger partial charge in [-0.15, -0.1) is 0 Å². The number of aryl methyl sites for hydroxylation is 1. The lowest BCUT2D eigenvalue weighted by atomic mass is 10.0. The van der Waals surface area contributed by atoms with Gasteiger partial charge in [0.05, 0.1) is 10.6 Å². The second-order valence-corrected chi connectivity index (χ2v) is 6.89. The Morgan fingerprint density at radius 3 is 2.65 bits per heavy atom. The molecule has 0 spiro atoms. The molecule has 1 aromatic carbocycles. The van der Waals surface area contributed by atoms with Gasteiger partial charge in [-0.05, 0) is 30.8 Å². The molecule has 0 fully saturated rings. The molecule has 5 nitrogen and oxygen atoms in total. The van der Waals surface area contributed by atoms with Crippen molar-refractivity contribution in [2.45, 2.75) is 17.4 Å². The van der Waals surface area contributed by atoms with Gasteiger partial charge in [0.2, 0.25) is 0 Å². The predicted octanol–water partition coefficient (Wildman–Crippen LogP) is 1.33. The fraction of sp³-hybridized carbons (Fsp3) is 0.357. The summed E-state index contributed by atoms with van der Waals surface area (Å²) < 4.78 is 25.0. The molecule has 1 atom stereocenters. The average Bonchev–Trinajstić information content (AvgIpc) is 2.81. The van der Waals surface area contributed by atoms with Crippen molar-refractivity contribution in [3.05, 3.63) is 47.8 Å². The van der Waals surface area contributed by atoms with Gasteiger partial charge in [0.25, 0.3) is 0 Å². The molecule has 0 aliphatic carbocycles. The SMILES string of the molecule is CNC(Cc1ccn(C)n1)c1cccc(S(C)(=O)=O)c1. The summed E-state index contributed by atoms with van der Waals surface area (Å²) >= 11 is 0. The number of nitrogens with zero attached hydrogens (tertiary/aromatic N) is 2. The zero-order valence-corrected chi connectivity index (χ0v) is 12.7. The highest BCUT2D eigenvalue weighted by Crippen LogP contribution is 2.20. The molecule has 20 heavy (non-hydrogen) atoms. The zero-order chi connectivity index (χ0) is 14.8. The lowest BCUT2D eigenvalue weighted by molar-refractivity contribution is 0.574. The van der Waals surface area contributed by atoms with Gasteiger partial charge in [-0.2, -0.15) is 5.10 Å². The summed E-state index contributed by atoms with van der Waals surface area (Å²) in [5.74, 6) is 0. The van der Waals surface area contributed by atoms with Crippen molar-refractivity contribution in [1.29, 1.82) is 0 Å². The third-order valence-electron chi connectivity index (χ3n) is 3.22. The standard InChI is InChI=1S/C14H19N3O2S/c1-15-14(10-12-7-8-17(2)16-12)11-5-4-6-13(9-11)20(3,18)19/h4-9,14-15H,10H2,1-3H3. The molecule has 0 aliphatic heterocycles. The minimum absolute atomic E-state index is 0.0339. The van der Waals surface area contributed by atoms with E-state index in [4.69, 9.17) is 0 Å². The van der Waals surface area contributed by atoms with Crippen LogP contribution in [0.5, 0.6) is 0 Å². The lowest BCUT2D eigenvalue weighted by Gasteiger charge is -2.16. The quantitative estimate of drug-likeness (QED) is 0.903. The fourth-order valence-corrected chi connectivity index (χ4v) is 2.81. The number of sulfone groups is 1. The van der Waals surface area contributed by atoms with Gasteiger partial charge >= 0.3 is 0 Å². The van der Waals surface area contributed by atoms with E-state index < -0.39 is 9.84 Å². The van der Waals surface area contributed by atoms with Crippen LogP contribution in [-0.2, 0) is 23.3 Å². The molecule has 1 aromatic heterocycles. The van der Waals surface area contributed by atoms with E-state index in [2.05, 4.69) is 10.4 Å². The van der Waals surface area contributed by atoms with Crippen LogP contribution in [0.3, 0.4) is 0 Å². The largest absolute Gasteiger partial charge is 0.313 e. The van der Waals surface area contributed by atoms with Gasteiger partial charge < -0.3 is 5.32 Å². The van der Waals surface area contributed by atoms with Crippen LogP contribution < -0.4 is 5.32 Å². The lowest BCUT2D eigenvalue weighted by Crippen LogP contribution is -2.19. The van der Waals surface area contributed by atoms with Crippen molar-refractivity contribution < 1.29 is 8.42 Å². The number of hydrogen-bond donors (Lipinski definition) is 1. The van der Waals surface area contributed by atoms with E-state index in [1.165, 1.54) is 6.26 Å². The predicted molar refractivity (Wildman–Crippen MR) is 78.3 cm³/mol. The Balaban J connectivity index is 2.28. The van der Waals surface area contributed by atoms with Crippen molar-refractivity contribution in [2.75, 3.05) is 13.3 Å². The average molecular weight is 293 g/mol. The number of benzene rings is 1. The summed E-state index contributed by atoms with van der Waals surface area (Å²) in [7, 11) is 0.556. The van der Waals surface area contributed by atoms with Gasteiger partial charge in [-0.25, -0.2) is 8.42 Å². The highest BCUT2D eigenvalue weighted by molar-refractivity contribution is 7.90. The Labute approximate surface area is 119 Å². The van der Waals surface area contributed by atoms with Crippen LogP contribution in [0.25, 0.3) is 0 Å². The molecule has 1 N–H and O–H groups in total. The third kappa shape index (κ3) is 3.46. The smallest absolute Gasteiger partial charge is 0.175 e. The minimum Gasteiger partial charge on any atom is -0.313 e. The van der Waals surface area contributed by atoms with Crippen LogP contribution >= 0.6 is 0 Å². The maximum Gasteiger partial charge on any atom is 0.175 e. The Kier molecular flexibility index (Phi) is 4.25. The van der Waals surface area contributed by atoms with E-state index in [0.29, 0.717) is 11.3 Å². The van der Waals surface area contributed by atoms with Crippen molar-refractivity contribution in [2.24, 2.45) is 7.05 Å². The molecule has 0 aliphatic rings. The maximum atomic E-state index is 11.6. The van der Waals surface area contributed by atoms with Crippen LogP contribution in [0, 0.1) is 0 Å². The monoisotopic (exact) mass is 293 g/mol. The van der Waals surface area contributed by atoms with Gasteiger partial charge in [0, 0.05) is 32.0 Å². The van der Waals surface area contributed by atoms with Crippen molar-refractivity contribution in [1.82, 2.24) is 15.1 Å². The molecular weight excluding hydrogens is 274 g/mol. The second kappa shape index (κ2) is 5.76. The van der Waals surface area contributed by atoms with Gasteiger partial charge in [0.15, 0.2) is 9.84 Å². The Bertz CT molecular complexity index is 692. The second-order valence-electron chi connectivity index (χ2n) is 4.87. The number of aromatic nitrogens is 2. The third-order valence-corrected chi connectivity index (χ3v) is 4.33. The molecule has 0 saturated carbocycles. The molecular formula is C14H19N3O2S. The zero-order valence-electron chi connectivity index (χ0n) is 11.9. The van der Waals surface area contributed by atoms with Crippen molar-refractivity contribution in [3.8, 4) is 0 Å². The molecule has 0 amide bonds. The Morgan fingerprint density at radius 1 is 1.35 bits per heavy atom. The van der Waals surface area contributed by atoms with E-state index >= 15 is 0 Å².